The molecule has 8 nitrogen and oxygen atoms in total. The van der Waals surface area contributed by atoms with Gasteiger partial charge in [-0.25, -0.2) is 0 Å². The Balaban J connectivity index is 0.000000443. The third-order valence-electron chi connectivity index (χ3n) is 3.52. The second-order valence-electron chi connectivity index (χ2n) is 5.02. The van der Waals surface area contributed by atoms with Gasteiger partial charge in [0.25, 0.3) is 0 Å². The average Bonchev–Trinajstić information content (AvgIpc) is 2.59. The van der Waals surface area contributed by atoms with Crippen LogP contribution in [0.5, 0.6) is 11.5 Å². The molecular formula is C16H22CaN2O6. The Bertz CT molecular complexity index is 637. The number of pyridine rings is 2. The number of aromatic hydroxyl groups is 2. The first kappa shape index (κ1) is 24.0. The maximum Gasteiger partial charge on any atom is 0.142 e. The number of aryl methyl sites for hydroxylation is 2. The molecule has 2 rings (SSSR count). The van der Waals surface area contributed by atoms with E-state index in [1.165, 1.54) is 12.4 Å². The minimum atomic E-state index is -0.287. The second kappa shape index (κ2) is 11.6. The zero-order valence-electron chi connectivity index (χ0n) is 14.3. The van der Waals surface area contributed by atoms with E-state index in [0.717, 1.165) is 0 Å². The number of rotatable bonds is 4. The fourth-order valence-electron chi connectivity index (χ4n) is 1.99. The summed E-state index contributed by atoms with van der Waals surface area (Å²) in [5, 5.41) is 54.1. The molecule has 9 heteroatoms. The Morgan fingerprint density at radius 2 is 1.00 bits per heavy atom. The Morgan fingerprint density at radius 3 is 1.24 bits per heavy atom. The fraction of sp³-hybridized carbons (Fsp3) is 0.375. The van der Waals surface area contributed by atoms with Crippen molar-refractivity contribution in [2.75, 3.05) is 0 Å². The monoisotopic (exact) mass is 378 g/mol. The number of aromatic nitrogens is 2. The zero-order chi connectivity index (χ0) is 18.3. The normalized spacial score (nSPS) is 9.84. The smallest absolute Gasteiger partial charge is 0.142 e. The van der Waals surface area contributed by atoms with Crippen LogP contribution in [-0.2, 0) is 26.4 Å². The standard InChI is InChI=1S/2C8H11NO3.Ca/c2*1-5-8(12)7(4-11)6(3-10)2-9-5;/h2*2,10-12H,3-4H2,1H3;. The number of hydrogen-bond donors (Lipinski definition) is 6. The first-order valence-electron chi connectivity index (χ1n) is 7.17. The predicted molar refractivity (Wildman–Crippen MR) is 90.7 cm³/mol. The van der Waals surface area contributed by atoms with Gasteiger partial charge in [0, 0.05) is 72.4 Å². The van der Waals surface area contributed by atoms with E-state index >= 15 is 0 Å². The van der Waals surface area contributed by atoms with Gasteiger partial charge in [-0.05, 0) is 13.8 Å². The van der Waals surface area contributed by atoms with Gasteiger partial charge in [0.15, 0.2) is 0 Å². The average molecular weight is 378 g/mol. The molecule has 134 valence electrons. The SMILES string of the molecule is Cc1ncc(CO)c(CO)c1O.Cc1ncc(CO)c(CO)c1O.[Ca]. The Hall–Kier alpha value is -1.00. The maximum absolute atomic E-state index is 9.38. The van der Waals surface area contributed by atoms with Gasteiger partial charge in [0.2, 0.25) is 0 Å². The van der Waals surface area contributed by atoms with Crippen molar-refractivity contribution in [3.8, 4) is 11.5 Å². The third kappa shape index (κ3) is 6.03. The van der Waals surface area contributed by atoms with Gasteiger partial charge in [-0.3, -0.25) is 9.97 Å². The maximum atomic E-state index is 9.38. The van der Waals surface area contributed by atoms with Crippen LogP contribution in [-0.4, -0.2) is 78.3 Å². The van der Waals surface area contributed by atoms with Crippen LogP contribution in [0.4, 0.5) is 0 Å². The minimum Gasteiger partial charge on any atom is -0.506 e. The summed E-state index contributed by atoms with van der Waals surface area (Å²) in [6.45, 7) is 2.24. The molecule has 0 amide bonds. The molecule has 0 aliphatic rings. The molecule has 0 fully saturated rings. The van der Waals surface area contributed by atoms with E-state index in [1.54, 1.807) is 13.8 Å². The predicted octanol–water partition coefficient (Wildman–Crippen LogP) is -0.220. The van der Waals surface area contributed by atoms with Gasteiger partial charge in [-0.2, -0.15) is 0 Å². The molecular weight excluding hydrogens is 356 g/mol. The largest absolute Gasteiger partial charge is 0.506 e. The van der Waals surface area contributed by atoms with E-state index in [1.807, 2.05) is 0 Å². The number of hydrogen-bond acceptors (Lipinski definition) is 8. The molecule has 6 N–H and O–H groups in total. The van der Waals surface area contributed by atoms with Gasteiger partial charge in [0.05, 0.1) is 37.8 Å². The molecule has 0 saturated heterocycles. The molecule has 2 heterocycles. The van der Waals surface area contributed by atoms with Crippen LogP contribution in [0.3, 0.4) is 0 Å². The molecule has 2 radical (unpaired) electrons. The third-order valence-corrected chi connectivity index (χ3v) is 3.52. The Labute approximate surface area is 175 Å². The summed E-state index contributed by atoms with van der Waals surface area (Å²) in [6, 6.07) is 0. The quantitative estimate of drug-likeness (QED) is 0.400. The van der Waals surface area contributed by atoms with Crippen molar-refractivity contribution in [3.05, 3.63) is 46.0 Å². The summed E-state index contributed by atoms with van der Waals surface area (Å²) in [4.78, 5) is 7.67. The zero-order valence-corrected chi connectivity index (χ0v) is 16.5. The molecule has 0 spiro atoms. The van der Waals surface area contributed by atoms with Crippen LogP contribution >= 0.6 is 0 Å². The summed E-state index contributed by atoms with van der Waals surface area (Å²) >= 11 is 0. The summed E-state index contributed by atoms with van der Waals surface area (Å²) in [6.07, 6.45) is 2.89. The molecule has 2 aromatic heterocycles. The van der Waals surface area contributed by atoms with Crippen molar-refractivity contribution in [1.29, 1.82) is 0 Å². The number of aliphatic hydroxyl groups is 4. The van der Waals surface area contributed by atoms with E-state index in [9.17, 15) is 10.2 Å². The van der Waals surface area contributed by atoms with Crippen molar-refractivity contribution < 1.29 is 30.6 Å². The van der Waals surface area contributed by atoms with E-state index in [4.69, 9.17) is 20.4 Å². The number of nitrogens with zero attached hydrogens (tertiary/aromatic N) is 2. The molecule has 2 aromatic rings. The van der Waals surface area contributed by atoms with Crippen LogP contribution in [0.2, 0.25) is 0 Å². The molecule has 0 bridgehead atoms. The molecule has 0 aliphatic heterocycles. The Kier molecular flexibility index (Phi) is 11.1. The van der Waals surface area contributed by atoms with Gasteiger partial charge in [0.1, 0.15) is 11.5 Å². The molecule has 0 aromatic carbocycles. The van der Waals surface area contributed by atoms with Crippen molar-refractivity contribution >= 4 is 37.7 Å². The van der Waals surface area contributed by atoms with E-state index < -0.39 is 0 Å². The van der Waals surface area contributed by atoms with Gasteiger partial charge < -0.3 is 30.6 Å². The summed E-state index contributed by atoms with van der Waals surface area (Å²) < 4.78 is 0. The van der Waals surface area contributed by atoms with E-state index in [-0.39, 0.29) is 75.7 Å². The summed E-state index contributed by atoms with van der Waals surface area (Å²) in [7, 11) is 0. The van der Waals surface area contributed by atoms with Crippen LogP contribution < -0.4 is 0 Å². The van der Waals surface area contributed by atoms with Crippen LogP contribution in [0.15, 0.2) is 12.4 Å². The first-order chi connectivity index (χ1) is 11.4. The molecule has 25 heavy (non-hydrogen) atoms. The topological polar surface area (TPSA) is 147 Å². The Morgan fingerprint density at radius 1 is 0.680 bits per heavy atom. The van der Waals surface area contributed by atoms with Crippen LogP contribution in [0, 0.1) is 13.8 Å². The van der Waals surface area contributed by atoms with Gasteiger partial charge in [-0.1, -0.05) is 0 Å². The van der Waals surface area contributed by atoms with Gasteiger partial charge >= 0.3 is 0 Å². The second-order valence-corrected chi connectivity index (χ2v) is 5.02. The van der Waals surface area contributed by atoms with E-state index in [0.29, 0.717) is 33.6 Å². The molecule has 0 unspecified atom stereocenters. The van der Waals surface area contributed by atoms with Crippen molar-refractivity contribution in [2.45, 2.75) is 40.3 Å². The van der Waals surface area contributed by atoms with Crippen LogP contribution in [0.25, 0.3) is 0 Å². The van der Waals surface area contributed by atoms with E-state index in [2.05, 4.69) is 9.97 Å². The van der Waals surface area contributed by atoms with Gasteiger partial charge in [-0.15, -0.1) is 0 Å². The minimum absolute atomic E-state index is 0. The first-order valence-corrected chi connectivity index (χ1v) is 7.17. The summed E-state index contributed by atoms with van der Waals surface area (Å²) in [5.74, 6) is -0.0758. The molecule has 0 aliphatic carbocycles. The molecule has 0 atom stereocenters. The van der Waals surface area contributed by atoms with Crippen molar-refractivity contribution in [2.24, 2.45) is 0 Å². The van der Waals surface area contributed by atoms with Crippen LogP contribution in [0.1, 0.15) is 33.6 Å². The summed E-state index contributed by atoms with van der Waals surface area (Å²) in [5.41, 5.74) is 2.53. The van der Waals surface area contributed by atoms with Crippen molar-refractivity contribution in [3.63, 3.8) is 0 Å². The van der Waals surface area contributed by atoms with Crippen molar-refractivity contribution in [1.82, 2.24) is 9.97 Å². The molecule has 0 saturated carbocycles. The number of aliphatic hydroxyl groups excluding tert-OH is 4. The fourth-order valence-corrected chi connectivity index (χ4v) is 1.99.